The minimum absolute atomic E-state index is 0.00857. The number of carbonyl (C=O) groups is 1. The van der Waals surface area contributed by atoms with Crippen molar-refractivity contribution in [2.45, 2.75) is 31.7 Å². The van der Waals surface area contributed by atoms with Gasteiger partial charge >= 0.3 is 0 Å². The second-order valence-electron chi connectivity index (χ2n) is 6.31. The molecule has 1 aromatic carbocycles. The Morgan fingerprint density at radius 3 is 2.65 bits per heavy atom. The number of hydrogen-bond donors (Lipinski definition) is 3. The number of nitrogens with zero attached hydrogens (tertiary/aromatic N) is 2. The van der Waals surface area contributed by atoms with Gasteiger partial charge < -0.3 is 10.6 Å². The van der Waals surface area contributed by atoms with Crippen LogP contribution in [0.25, 0.3) is 0 Å². The molecule has 2 heterocycles. The van der Waals surface area contributed by atoms with E-state index in [4.69, 9.17) is 10.9 Å². The van der Waals surface area contributed by atoms with Crippen molar-refractivity contribution in [1.29, 1.82) is 0 Å². The Bertz CT molecular complexity index is 1070. The predicted molar refractivity (Wildman–Crippen MR) is 95.0 cm³/mol. The van der Waals surface area contributed by atoms with Crippen LogP contribution < -0.4 is 16.4 Å². The van der Waals surface area contributed by atoms with Gasteiger partial charge in [-0.2, -0.15) is 0 Å². The Morgan fingerprint density at radius 1 is 1.31 bits per heavy atom. The van der Waals surface area contributed by atoms with E-state index in [9.17, 15) is 18.0 Å². The van der Waals surface area contributed by atoms with Crippen LogP contribution in [0.15, 0.2) is 21.8 Å². The Hall–Kier alpha value is -2.72. The molecule has 138 valence electrons. The van der Waals surface area contributed by atoms with Crippen molar-refractivity contribution in [3.8, 4) is 0 Å². The summed E-state index contributed by atoms with van der Waals surface area (Å²) in [4.78, 5) is 32.7. The predicted octanol–water partition coefficient (Wildman–Crippen LogP) is -0.185. The number of H-pyrrole nitrogens is 1. The first-order valence-electron chi connectivity index (χ1n) is 7.89. The first-order valence-corrected chi connectivity index (χ1v) is 9.43. The fourth-order valence-corrected chi connectivity index (χ4v) is 3.94. The normalized spacial score (nSPS) is 14.2. The largest absolute Gasteiger partial charge is 0.369 e. The molecule has 3 rings (SSSR count). The van der Waals surface area contributed by atoms with Crippen molar-refractivity contribution < 1.29 is 13.2 Å². The fraction of sp³-hybridized carbons (Fsp3) is 0.312. The number of primary sulfonamides is 1. The van der Waals surface area contributed by atoms with E-state index in [1.165, 1.54) is 11.0 Å². The van der Waals surface area contributed by atoms with Gasteiger partial charge in [0.2, 0.25) is 16.0 Å². The number of aromatic amines is 1. The number of amides is 1. The number of sulfonamides is 1. The summed E-state index contributed by atoms with van der Waals surface area (Å²) in [6, 6.07) is 2.91. The van der Waals surface area contributed by atoms with Crippen LogP contribution in [0.3, 0.4) is 0 Å². The van der Waals surface area contributed by atoms with Crippen LogP contribution in [0.2, 0.25) is 0 Å². The van der Waals surface area contributed by atoms with Gasteiger partial charge in [-0.25, -0.2) is 18.5 Å². The van der Waals surface area contributed by atoms with Crippen molar-refractivity contribution in [3.05, 3.63) is 50.4 Å². The highest BCUT2D eigenvalue weighted by atomic mass is 32.2. The molecular weight excluding hydrogens is 358 g/mol. The molecule has 10 heteroatoms. The molecule has 0 unspecified atom stereocenters. The number of nitrogen functional groups attached to an aromatic ring is 1. The summed E-state index contributed by atoms with van der Waals surface area (Å²) in [6.45, 7) is 3.80. The fourth-order valence-electron chi connectivity index (χ4n) is 3.06. The maximum absolute atomic E-state index is 12.9. The Morgan fingerprint density at radius 2 is 2.00 bits per heavy atom. The monoisotopic (exact) mass is 377 g/mol. The summed E-state index contributed by atoms with van der Waals surface area (Å²) in [6.07, 6.45) is 0.344. The lowest BCUT2D eigenvalue weighted by atomic mass is 10.0. The summed E-state index contributed by atoms with van der Waals surface area (Å²) in [7, 11) is -3.95. The lowest BCUT2D eigenvalue weighted by Crippen LogP contribution is -2.39. The summed E-state index contributed by atoms with van der Waals surface area (Å²) >= 11 is 0. The zero-order chi connectivity index (χ0) is 19.2. The van der Waals surface area contributed by atoms with Crippen molar-refractivity contribution in [2.75, 3.05) is 12.3 Å². The summed E-state index contributed by atoms with van der Waals surface area (Å²) in [5.41, 5.74) is 7.60. The molecule has 1 aliphatic rings. The molecule has 1 aliphatic heterocycles. The number of carbonyl (C=O) groups excluding carboxylic acids is 1. The second-order valence-corrected chi connectivity index (χ2v) is 7.84. The van der Waals surface area contributed by atoms with E-state index in [0.29, 0.717) is 35.3 Å². The number of aromatic nitrogens is 2. The van der Waals surface area contributed by atoms with Crippen LogP contribution in [0, 0.1) is 13.8 Å². The molecule has 0 spiro atoms. The molecular formula is C16H19N5O4S. The van der Waals surface area contributed by atoms with Crippen molar-refractivity contribution in [3.63, 3.8) is 0 Å². The summed E-state index contributed by atoms with van der Waals surface area (Å²) in [5.74, 6) is -0.366. The van der Waals surface area contributed by atoms with E-state index < -0.39 is 10.0 Å². The highest BCUT2D eigenvalue weighted by Gasteiger charge is 2.26. The molecule has 0 radical (unpaired) electrons. The van der Waals surface area contributed by atoms with Gasteiger partial charge in [0.15, 0.2) is 0 Å². The third-order valence-corrected chi connectivity index (χ3v) is 5.59. The first kappa shape index (κ1) is 18.1. The Balaban J connectivity index is 1.98. The molecule has 1 aromatic heterocycles. The molecule has 0 saturated carbocycles. The lowest BCUT2D eigenvalue weighted by Gasteiger charge is -2.28. The maximum Gasteiger partial charge on any atom is 0.255 e. The molecule has 2 aromatic rings. The maximum atomic E-state index is 12.9. The van der Waals surface area contributed by atoms with Crippen molar-refractivity contribution >= 4 is 21.9 Å². The molecule has 0 aliphatic carbocycles. The number of hydrogen-bond acceptors (Lipinski definition) is 6. The Labute approximate surface area is 150 Å². The minimum atomic E-state index is -3.95. The smallest absolute Gasteiger partial charge is 0.255 e. The molecule has 0 atom stereocenters. The highest BCUT2D eigenvalue weighted by Crippen LogP contribution is 2.23. The molecule has 5 N–H and O–H groups in total. The zero-order valence-electron chi connectivity index (χ0n) is 14.4. The topological polar surface area (TPSA) is 152 Å². The third kappa shape index (κ3) is 3.20. The number of aryl methyl sites for hydroxylation is 1. The zero-order valence-corrected chi connectivity index (χ0v) is 15.2. The lowest BCUT2D eigenvalue weighted by molar-refractivity contribution is 0.0731. The van der Waals surface area contributed by atoms with Gasteiger partial charge in [-0.15, -0.1) is 0 Å². The minimum Gasteiger partial charge on any atom is -0.369 e. The van der Waals surface area contributed by atoms with Crippen LogP contribution in [0.5, 0.6) is 0 Å². The van der Waals surface area contributed by atoms with Gasteiger partial charge in [-0.3, -0.25) is 14.6 Å². The summed E-state index contributed by atoms with van der Waals surface area (Å²) < 4.78 is 23.6. The average molecular weight is 377 g/mol. The Kier molecular flexibility index (Phi) is 4.32. The quantitative estimate of drug-likeness (QED) is 0.660. The number of benzene rings is 1. The van der Waals surface area contributed by atoms with Crippen LogP contribution in [-0.2, 0) is 23.0 Å². The van der Waals surface area contributed by atoms with Gasteiger partial charge in [-0.1, -0.05) is 0 Å². The second kappa shape index (κ2) is 6.22. The van der Waals surface area contributed by atoms with Crippen molar-refractivity contribution in [2.24, 2.45) is 5.14 Å². The van der Waals surface area contributed by atoms with Crippen LogP contribution in [-0.4, -0.2) is 35.7 Å². The van der Waals surface area contributed by atoms with E-state index >= 15 is 0 Å². The van der Waals surface area contributed by atoms with Gasteiger partial charge in [0.25, 0.3) is 11.5 Å². The van der Waals surface area contributed by atoms with Gasteiger partial charge in [0.05, 0.1) is 17.1 Å². The van der Waals surface area contributed by atoms with Gasteiger partial charge in [-0.05, 0) is 43.5 Å². The van der Waals surface area contributed by atoms with Gasteiger partial charge in [0, 0.05) is 17.7 Å². The van der Waals surface area contributed by atoms with Crippen LogP contribution >= 0.6 is 0 Å². The first-order chi connectivity index (χ1) is 12.1. The standard InChI is InChI=1S/C16H19N5O4S/c1-8-5-10(6-13(9(8)2)26(18,24)25)15(23)21-4-3-11-12(7-21)19-16(17)20-14(11)22/h5-6H,3-4,7H2,1-2H3,(H2,18,24,25)(H3,17,19,20,22). The van der Waals surface area contributed by atoms with Crippen molar-refractivity contribution in [1.82, 2.24) is 14.9 Å². The van der Waals surface area contributed by atoms with E-state index in [-0.39, 0.29) is 34.4 Å². The molecule has 0 fully saturated rings. The third-order valence-electron chi connectivity index (χ3n) is 4.55. The summed E-state index contributed by atoms with van der Waals surface area (Å²) in [5, 5.41) is 5.26. The average Bonchev–Trinajstić information content (AvgIpc) is 2.54. The van der Waals surface area contributed by atoms with Crippen LogP contribution in [0.4, 0.5) is 5.95 Å². The van der Waals surface area contributed by atoms with Crippen LogP contribution in [0.1, 0.15) is 32.7 Å². The van der Waals surface area contributed by atoms with E-state index in [2.05, 4.69) is 9.97 Å². The van der Waals surface area contributed by atoms with E-state index in [1.807, 2.05) is 0 Å². The number of fused-ring (bicyclic) bond motifs is 1. The molecule has 1 amide bonds. The number of rotatable bonds is 2. The molecule has 0 saturated heterocycles. The molecule has 0 bridgehead atoms. The molecule has 9 nitrogen and oxygen atoms in total. The van der Waals surface area contributed by atoms with E-state index in [0.717, 1.165) is 0 Å². The molecule has 26 heavy (non-hydrogen) atoms. The number of anilines is 1. The number of nitrogens with one attached hydrogen (secondary N) is 1. The SMILES string of the molecule is Cc1cc(C(=O)N2CCc3c(nc(N)[nH]c3=O)C2)cc(S(N)(=O)=O)c1C. The van der Waals surface area contributed by atoms with E-state index in [1.54, 1.807) is 19.9 Å². The number of nitrogens with two attached hydrogens (primary N) is 2. The van der Waals surface area contributed by atoms with Gasteiger partial charge in [0.1, 0.15) is 0 Å². The highest BCUT2D eigenvalue weighted by molar-refractivity contribution is 7.89.